The van der Waals surface area contributed by atoms with Crippen LogP contribution in [0, 0.1) is 12.7 Å². The zero-order chi connectivity index (χ0) is 10.8. The number of nitrogens with one attached hydrogen (secondary N) is 1. The van der Waals surface area contributed by atoms with Crippen LogP contribution in [0.2, 0.25) is 0 Å². The van der Waals surface area contributed by atoms with Gasteiger partial charge in [-0.3, -0.25) is 0 Å². The summed E-state index contributed by atoms with van der Waals surface area (Å²) in [7, 11) is 0. The van der Waals surface area contributed by atoms with Crippen LogP contribution in [-0.4, -0.2) is 18.8 Å². The van der Waals surface area contributed by atoms with Crippen molar-refractivity contribution < 1.29 is 9.13 Å². The molecule has 0 spiro atoms. The van der Waals surface area contributed by atoms with E-state index in [9.17, 15) is 4.39 Å². The largest absolute Gasteiger partial charge is 0.379 e. The highest BCUT2D eigenvalue weighted by Gasteiger charge is 2.24. The molecule has 0 unspecified atom stereocenters. The van der Waals surface area contributed by atoms with Gasteiger partial charge in [-0.1, -0.05) is 6.07 Å². The van der Waals surface area contributed by atoms with E-state index in [0.717, 1.165) is 18.7 Å². The van der Waals surface area contributed by atoms with Crippen LogP contribution in [0.5, 0.6) is 0 Å². The van der Waals surface area contributed by atoms with Gasteiger partial charge in [0.05, 0.1) is 12.1 Å². The number of ether oxygens (including phenoxy) is 1. The zero-order valence-electron chi connectivity index (χ0n) is 9.09. The Balaban J connectivity index is 2.13. The summed E-state index contributed by atoms with van der Waals surface area (Å²) in [4.78, 5) is 0. The number of hydrogen-bond donors (Lipinski definition) is 1. The Morgan fingerprint density at radius 3 is 2.93 bits per heavy atom. The Morgan fingerprint density at radius 2 is 2.27 bits per heavy atom. The van der Waals surface area contributed by atoms with Gasteiger partial charge in [-0.25, -0.2) is 4.39 Å². The molecule has 1 aliphatic heterocycles. The second-order valence-corrected chi connectivity index (χ2v) is 4.03. The van der Waals surface area contributed by atoms with E-state index in [-0.39, 0.29) is 11.9 Å². The summed E-state index contributed by atoms with van der Waals surface area (Å²) in [5, 5.41) is 3.33. The minimum Gasteiger partial charge on any atom is -0.379 e. The summed E-state index contributed by atoms with van der Waals surface area (Å²) in [6, 6.07) is 5.41. The van der Waals surface area contributed by atoms with E-state index < -0.39 is 0 Å². The molecule has 0 amide bonds. The van der Waals surface area contributed by atoms with Crippen LogP contribution < -0.4 is 5.32 Å². The smallest absolute Gasteiger partial charge is 0.128 e. The summed E-state index contributed by atoms with van der Waals surface area (Å²) in [5.74, 6) is -0.161. The van der Waals surface area contributed by atoms with Crippen molar-refractivity contribution in [3.8, 4) is 0 Å². The van der Waals surface area contributed by atoms with Gasteiger partial charge in [0.2, 0.25) is 0 Å². The zero-order valence-corrected chi connectivity index (χ0v) is 9.09. The highest BCUT2D eigenvalue weighted by molar-refractivity contribution is 5.51. The molecule has 2 atom stereocenters. The molecule has 1 aliphatic rings. The van der Waals surface area contributed by atoms with Gasteiger partial charge in [-0.15, -0.1) is 0 Å². The van der Waals surface area contributed by atoms with E-state index in [4.69, 9.17) is 4.74 Å². The lowest BCUT2D eigenvalue weighted by molar-refractivity contribution is 0.121. The number of hydrogen-bond acceptors (Lipinski definition) is 2. The molecule has 15 heavy (non-hydrogen) atoms. The van der Waals surface area contributed by atoms with Gasteiger partial charge in [-0.05, 0) is 32.4 Å². The lowest BCUT2D eigenvalue weighted by Crippen LogP contribution is -2.27. The summed E-state index contributed by atoms with van der Waals surface area (Å²) in [5.41, 5.74) is 1.55. The maximum absolute atomic E-state index is 13.3. The quantitative estimate of drug-likeness (QED) is 0.808. The van der Waals surface area contributed by atoms with Gasteiger partial charge in [-0.2, -0.15) is 0 Å². The maximum atomic E-state index is 13.3. The topological polar surface area (TPSA) is 21.3 Å². The Bertz CT molecular complexity index is 353. The molecule has 0 aliphatic carbocycles. The highest BCUT2D eigenvalue weighted by Crippen LogP contribution is 2.22. The first kappa shape index (κ1) is 10.4. The van der Waals surface area contributed by atoms with Gasteiger partial charge >= 0.3 is 0 Å². The van der Waals surface area contributed by atoms with E-state index in [1.54, 1.807) is 13.0 Å². The maximum Gasteiger partial charge on any atom is 0.128 e. The minimum atomic E-state index is -0.161. The lowest BCUT2D eigenvalue weighted by Gasteiger charge is -2.19. The summed E-state index contributed by atoms with van der Waals surface area (Å²) in [6.45, 7) is 4.62. The molecule has 2 nitrogen and oxygen atoms in total. The average Bonchev–Trinajstić information content (AvgIpc) is 2.60. The van der Waals surface area contributed by atoms with Crippen LogP contribution in [0.3, 0.4) is 0 Å². The fraction of sp³-hybridized carbons (Fsp3) is 0.500. The van der Waals surface area contributed by atoms with E-state index >= 15 is 0 Å². The first-order valence-corrected chi connectivity index (χ1v) is 5.31. The molecule has 3 heteroatoms. The second-order valence-electron chi connectivity index (χ2n) is 4.03. The molecule has 2 rings (SSSR count). The molecule has 1 aromatic carbocycles. The lowest BCUT2D eigenvalue weighted by atomic mass is 10.1. The normalized spacial score (nSPS) is 25.5. The standard InChI is InChI=1S/C12H16FNO/c1-8-10(13)4-3-5-11(8)14-12-6-7-15-9(12)2/h3-5,9,12,14H,6-7H2,1-2H3/t9-,12-/m0/s1. The third-order valence-corrected chi connectivity index (χ3v) is 2.98. The van der Waals surface area contributed by atoms with E-state index in [1.165, 1.54) is 6.07 Å². The summed E-state index contributed by atoms with van der Waals surface area (Å²) < 4.78 is 18.7. The molecule has 82 valence electrons. The van der Waals surface area contributed by atoms with Crippen LogP contribution in [0.15, 0.2) is 18.2 Å². The second kappa shape index (κ2) is 4.19. The number of halogens is 1. The third kappa shape index (κ3) is 2.12. The Morgan fingerprint density at radius 1 is 1.47 bits per heavy atom. The molecule has 1 fully saturated rings. The van der Waals surface area contributed by atoms with Crippen LogP contribution in [0.25, 0.3) is 0 Å². The van der Waals surface area contributed by atoms with Crippen molar-refractivity contribution in [3.05, 3.63) is 29.6 Å². The fourth-order valence-electron chi connectivity index (χ4n) is 1.88. The van der Waals surface area contributed by atoms with Gasteiger partial charge in [0.15, 0.2) is 0 Å². The van der Waals surface area contributed by atoms with Crippen molar-refractivity contribution in [2.45, 2.75) is 32.4 Å². The van der Waals surface area contributed by atoms with Crippen molar-refractivity contribution in [1.82, 2.24) is 0 Å². The van der Waals surface area contributed by atoms with Crippen LogP contribution in [0.4, 0.5) is 10.1 Å². The van der Waals surface area contributed by atoms with E-state index in [0.29, 0.717) is 11.6 Å². The fourth-order valence-corrected chi connectivity index (χ4v) is 1.88. The molecular weight excluding hydrogens is 193 g/mol. The predicted molar refractivity (Wildman–Crippen MR) is 58.6 cm³/mol. The van der Waals surface area contributed by atoms with Crippen molar-refractivity contribution in [2.75, 3.05) is 11.9 Å². The molecule has 0 aromatic heterocycles. The Hall–Kier alpha value is -1.09. The van der Waals surface area contributed by atoms with Crippen molar-refractivity contribution in [2.24, 2.45) is 0 Å². The van der Waals surface area contributed by atoms with Crippen molar-refractivity contribution >= 4 is 5.69 Å². The molecular formula is C12H16FNO. The molecule has 1 aromatic rings. The van der Waals surface area contributed by atoms with Gasteiger partial charge in [0, 0.05) is 17.9 Å². The molecule has 0 saturated carbocycles. The van der Waals surface area contributed by atoms with Gasteiger partial charge in [0.1, 0.15) is 5.82 Å². The van der Waals surface area contributed by atoms with Crippen LogP contribution in [-0.2, 0) is 4.74 Å². The molecule has 1 N–H and O–H groups in total. The third-order valence-electron chi connectivity index (χ3n) is 2.98. The van der Waals surface area contributed by atoms with Gasteiger partial charge < -0.3 is 10.1 Å². The molecule has 0 radical (unpaired) electrons. The van der Waals surface area contributed by atoms with Crippen LogP contribution in [0.1, 0.15) is 18.9 Å². The van der Waals surface area contributed by atoms with Crippen molar-refractivity contribution in [1.29, 1.82) is 0 Å². The van der Waals surface area contributed by atoms with Gasteiger partial charge in [0.25, 0.3) is 0 Å². The summed E-state index contributed by atoms with van der Waals surface area (Å²) in [6.07, 6.45) is 1.18. The molecule has 1 saturated heterocycles. The van der Waals surface area contributed by atoms with Crippen LogP contribution >= 0.6 is 0 Å². The van der Waals surface area contributed by atoms with E-state index in [1.807, 2.05) is 13.0 Å². The van der Waals surface area contributed by atoms with E-state index in [2.05, 4.69) is 5.32 Å². The van der Waals surface area contributed by atoms with Crippen molar-refractivity contribution in [3.63, 3.8) is 0 Å². The monoisotopic (exact) mass is 209 g/mol. The average molecular weight is 209 g/mol. The highest BCUT2D eigenvalue weighted by atomic mass is 19.1. The molecule has 1 heterocycles. The summed E-state index contributed by atoms with van der Waals surface area (Å²) >= 11 is 0. The predicted octanol–water partition coefficient (Wildman–Crippen LogP) is 2.72. The SMILES string of the molecule is Cc1c(F)cccc1N[C@H]1CCO[C@H]1C. The first-order valence-electron chi connectivity index (χ1n) is 5.31. The number of anilines is 1. The number of benzene rings is 1. The Labute approximate surface area is 89.4 Å². The number of rotatable bonds is 2. The Kier molecular flexibility index (Phi) is 2.91. The minimum absolute atomic E-state index is 0.161. The molecule has 0 bridgehead atoms. The first-order chi connectivity index (χ1) is 7.18.